The van der Waals surface area contributed by atoms with E-state index < -0.39 is 18.2 Å². The van der Waals surface area contributed by atoms with Crippen molar-refractivity contribution in [1.29, 1.82) is 0 Å². The maximum atomic E-state index is 13.2. The fourth-order valence-electron chi connectivity index (χ4n) is 5.14. The van der Waals surface area contributed by atoms with Crippen molar-refractivity contribution < 1.29 is 14.6 Å². The number of anilines is 1. The number of amides is 2. The van der Waals surface area contributed by atoms with Crippen LogP contribution < -0.4 is 15.4 Å². The summed E-state index contributed by atoms with van der Waals surface area (Å²) in [4.78, 5) is 15.5. The van der Waals surface area contributed by atoms with E-state index in [1.165, 1.54) is 0 Å². The number of aryl methyl sites for hydroxylation is 1. The van der Waals surface area contributed by atoms with E-state index in [9.17, 15) is 9.90 Å². The summed E-state index contributed by atoms with van der Waals surface area (Å²) in [6.45, 7) is 4.68. The van der Waals surface area contributed by atoms with E-state index in [1.807, 2.05) is 55.5 Å². The number of carbonyl (C=O) groups excluding carboxylic acids is 1. The molecule has 0 radical (unpaired) electrons. The Labute approximate surface area is 212 Å². The van der Waals surface area contributed by atoms with Gasteiger partial charge in [0.25, 0.3) is 0 Å². The monoisotopic (exact) mass is 489 g/mol. The highest BCUT2D eigenvalue weighted by atomic mass is 16.5. The number of urea groups is 1. The number of fused-ring (bicyclic) bond motifs is 1. The lowest BCUT2D eigenvalue weighted by atomic mass is 9.86. The lowest BCUT2D eigenvalue weighted by Gasteiger charge is -2.31. The van der Waals surface area contributed by atoms with Gasteiger partial charge in [-0.1, -0.05) is 42.5 Å². The Balaban J connectivity index is 1.35. The van der Waals surface area contributed by atoms with Crippen LogP contribution in [0.5, 0.6) is 5.88 Å². The summed E-state index contributed by atoms with van der Waals surface area (Å²) in [6, 6.07) is 16.8. The molecule has 8 heteroatoms. The summed E-state index contributed by atoms with van der Waals surface area (Å²) >= 11 is 0. The van der Waals surface area contributed by atoms with Crippen molar-refractivity contribution in [3.63, 3.8) is 0 Å². The summed E-state index contributed by atoms with van der Waals surface area (Å²) in [5, 5.41) is 21.4. The van der Waals surface area contributed by atoms with Gasteiger partial charge in [-0.15, -0.1) is 5.10 Å². The van der Waals surface area contributed by atoms with E-state index in [0.29, 0.717) is 30.6 Å². The first kappa shape index (κ1) is 24.3. The number of hydrogen-bond donors (Lipinski definition) is 3. The van der Waals surface area contributed by atoms with Crippen molar-refractivity contribution in [2.75, 3.05) is 32.1 Å². The van der Waals surface area contributed by atoms with E-state index in [-0.39, 0.29) is 0 Å². The molecule has 1 aliphatic heterocycles. The number of aromatic nitrogens is 2. The van der Waals surface area contributed by atoms with E-state index >= 15 is 0 Å². The molecule has 1 fully saturated rings. The Kier molecular flexibility index (Phi) is 7.25. The lowest BCUT2D eigenvalue weighted by molar-refractivity contribution is 0.114. The molecule has 36 heavy (non-hydrogen) atoms. The Hall–Kier alpha value is -3.36. The third kappa shape index (κ3) is 5.24. The summed E-state index contributed by atoms with van der Waals surface area (Å²) in [5.41, 5.74) is 3.71. The molecule has 2 aromatic carbocycles. The van der Waals surface area contributed by atoms with E-state index in [2.05, 4.69) is 28.6 Å². The average Bonchev–Trinajstić information content (AvgIpc) is 3.20. The minimum atomic E-state index is -0.640. The van der Waals surface area contributed by atoms with Crippen LogP contribution in [-0.2, 0) is 6.42 Å². The highest BCUT2D eigenvalue weighted by molar-refractivity contribution is 5.90. The number of piperidine rings is 1. The number of likely N-dealkylation sites (tertiary alicyclic amines) is 1. The molecular formula is C28H35N5O3. The molecule has 0 bridgehead atoms. The molecule has 190 valence electrons. The molecule has 0 spiro atoms. The number of rotatable bonds is 6. The van der Waals surface area contributed by atoms with Gasteiger partial charge in [0.2, 0.25) is 5.88 Å². The summed E-state index contributed by atoms with van der Waals surface area (Å²) < 4.78 is 7.90. The van der Waals surface area contributed by atoms with Crippen LogP contribution in [-0.4, -0.2) is 58.7 Å². The molecule has 0 saturated carbocycles. The standard InChI is InChI=1S/C28H35N5O3/c1-19-26(30-28(35)29-25-23-11-7-6-8-21(23)12-13-24(25)34)33(22-9-4-3-5-10-22)31-27(19)36-18-20-14-16-32(2)17-15-20/h3-11,20,24-25,34H,12-18H2,1-2H3,(H2,29,30,35)/t24-,25-/m1/s1. The van der Waals surface area contributed by atoms with Gasteiger partial charge in [0.05, 0.1) is 30.0 Å². The topological polar surface area (TPSA) is 91.7 Å². The van der Waals surface area contributed by atoms with E-state index in [1.54, 1.807) is 4.68 Å². The zero-order valence-electron chi connectivity index (χ0n) is 21.0. The quantitative estimate of drug-likeness (QED) is 0.486. The second kappa shape index (κ2) is 10.7. The van der Waals surface area contributed by atoms with Crippen LogP contribution in [0, 0.1) is 12.8 Å². The van der Waals surface area contributed by atoms with Gasteiger partial charge < -0.3 is 20.1 Å². The fourth-order valence-corrected chi connectivity index (χ4v) is 5.14. The van der Waals surface area contributed by atoms with Crippen LogP contribution in [0.2, 0.25) is 0 Å². The molecule has 1 aliphatic carbocycles. The second-order valence-electron chi connectivity index (χ2n) is 9.96. The molecule has 1 saturated heterocycles. The van der Waals surface area contributed by atoms with Gasteiger partial charge in [-0.05, 0) is 81.9 Å². The van der Waals surface area contributed by atoms with Crippen LogP contribution in [0.4, 0.5) is 10.6 Å². The number of para-hydroxylation sites is 1. The van der Waals surface area contributed by atoms with Crippen LogP contribution in [0.1, 0.15) is 42.0 Å². The largest absolute Gasteiger partial charge is 0.476 e. The predicted octanol–water partition coefficient (Wildman–Crippen LogP) is 4.07. The predicted molar refractivity (Wildman–Crippen MR) is 140 cm³/mol. The third-order valence-corrected chi connectivity index (χ3v) is 7.38. The van der Waals surface area contributed by atoms with Crippen LogP contribution >= 0.6 is 0 Å². The van der Waals surface area contributed by atoms with Crippen molar-refractivity contribution in [2.24, 2.45) is 5.92 Å². The third-order valence-electron chi connectivity index (χ3n) is 7.38. The van der Waals surface area contributed by atoms with Crippen molar-refractivity contribution in [3.05, 3.63) is 71.3 Å². The normalized spacial score (nSPS) is 20.5. The maximum Gasteiger partial charge on any atom is 0.320 e. The number of benzene rings is 2. The number of nitrogens with zero attached hydrogens (tertiary/aromatic N) is 3. The molecule has 1 aromatic heterocycles. The van der Waals surface area contributed by atoms with E-state index in [4.69, 9.17) is 9.84 Å². The van der Waals surface area contributed by atoms with Crippen molar-refractivity contribution >= 4 is 11.8 Å². The number of aliphatic hydroxyl groups excluding tert-OH is 1. The molecule has 8 nitrogen and oxygen atoms in total. The van der Waals surface area contributed by atoms with Crippen LogP contribution in [0.3, 0.4) is 0 Å². The first-order chi connectivity index (χ1) is 17.5. The highest BCUT2D eigenvalue weighted by Crippen LogP contribution is 2.32. The maximum absolute atomic E-state index is 13.2. The van der Waals surface area contributed by atoms with Crippen molar-refractivity contribution in [3.8, 4) is 11.6 Å². The van der Waals surface area contributed by atoms with Gasteiger partial charge in [-0.25, -0.2) is 9.48 Å². The van der Waals surface area contributed by atoms with Crippen molar-refractivity contribution in [1.82, 2.24) is 20.0 Å². The number of nitrogens with one attached hydrogen (secondary N) is 2. The molecule has 3 N–H and O–H groups in total. The number of hydrogen-bond acceptors (Lipinski definition) is 5. The van der Waals surface area contributed by atoms with Crippen molar-refractivity contribution in [2.45, 2.75) is 44.8 Å². The molecular weight excluding hydrogens is 454 g/mol. The van der Waals surface area contributed by atoms with Gasteiger partial charge >= 0.3 is 6.03 Å². The molecule has 0 unspecified atom stereocenters. The second-order valence-corrected chi connectivity index (χ2v) is 9.96. The SMILES string of the molecule is Cc1c(OCC2CCN(C)CC2)nn(-c2ccccc2)c1NC(=O)N[C@@H]1c2ccccc2CC[C@H]1O. The van der Waals surface area contributed by atoms with Gasteiger partial charge in [0.15, 0.2) is 0 Å². The first-order valence-electron chi connectivity index (χ1n) is 12.8. The van der Waals surface area contributed by atoms with Crippen LogP contribution in [0.25, 0.3) is 5.69 Å². The zero-order chi connectivity index (χ0) is 25.1. The lowest BCUT2D eigenvalue weighted by Crippen LogP contribution is -2.41. The Morgan fingerprint density at radius 1 is 1.08 bits per heavy atom. The average molecular weight is 490 g/mol. The minimum Gasteiger partial charge on any atom is -0.476 e. The highest BCUT2D eigenvalue weighted by Gasteiger charge is 2.30. The van der Waals surface area contributed by atoms with Gasteiger partial charge in [0, 0.05) is 0 Å². The number of ether oxygens (including phenoxy) is 1. The molecule has 5 rings (SSSR count). The molecule has 2 aliphatic rings. The summed E-state index contributed by atoms with van der Waals surface area (Å²) in [5.74, 6) is 1.57. The number of carbonyl (C=O) groups is 1. The first-order valence-corrected chi connectivity index (χ1v) is 12.8. The smallest absolute Gasteiger partial charge is 0.320 e. The molecule has 2 amide bonds. The fraction of sp³-hybridized carbons (Fsp3) is 0.429. The van der Waals surface area contributed by atoms with Gasteiger partial charge in [-0.2, -0.15) is 0 Å². The van der Waals surface area contributed by atoms with Gasteiger partial charge in [0.1, 0.15) is 5.82 Å². The molecule has 2 heterocycles. The molecule has 3 aromatic rings. The zero-order valence-corrected chi connectivity index (χ0v) is 21.0. The summed E-state index contributed by atoms with van der Waals surface area (Å²) in [7, 11) is 2.15. The van der Waals surface area contributed by atoms with Crippen LogP contribution in [0.15, 0.2) is 54.6 Å². The summed E-state index contributed by atoms with van der Waals surface area (Å²) in [6.07, 6.45) is 2.98. The Bertz CT molecular complexity index is 1190. The Morgan fingerprint density at radius 2 is 1.81 bits per heavy atom. The van der Waals surface area contributed by atoms with Gasteiger partial charge in [-0.3, -0.25) is 5.32 Å². The van der Waals surface area contributed by atoms with E-state index in [0.717, 1.165) is 54.7 Å². The minimum absolute atomic E-state index is 0.391. The molecule has 2 atom stereocenters. The Morgan fingerprint density at radius 3 is 2.58 bits per heavy atom. The number of aliphatic hydroxyl groups is 1.